The molecular weight excluding hydrogens is 515 g/mol. The van der Waals surface area contributed by atoms with Crippen molar-refractivity contribution in [3.63, 3.8) is 0 Å². The molecule has 1 aromatic carbocycles. The van der Waals surface area contributed by atoms with Gasteiger partial charge in [0.1, 0.15) is 5.76 Å². The van der Waals surface area contributed by atoms with Crippen LogP contribution in [-0.2, 0) is 13.0 Å². The maximum Gasteiger partial charge on any atom is 0.193 e. The molecule has 1 aliphatic heterocycles. The molecule has 0 saturated carbocycles. The fourth-order valence-corrected chi connectivity index (χ4v) is 4.01. The molecule has 0 bridgehead atoms. The van der Waals surface area contributed by atoms with Gasteiger partial charge in [-0.25, -0.2) is 0 Å². The normalized spacial score (nSPS) is 15.4. The number of nitrogens with one attached hydrogen (secondary N) is 2. The Kier molecular flexibility index (Phi) is 8.01. The van der Waals surface area contributed by atoms with Crippen LogP contribution in [0.25, 0.3) is 10.9 Å². The Labute approximate surface area is 198 Å². The Morgan fingerprint density at radius 1 is 1.27 bits per heavy atom. The molecule has 30 heavy (non-hydrogen) atoms. The van der Waals surface area contributed by atoms with Crippen LogP contribution in [0.15, 0.2) is 40.0 Å². The molecule has 162 valence electrons. The maximum absolute atomic E-state index is 6.15. The van der Waals surface area contributed by atoms with Crippen LogP contribution in [0.3, 0.4) is 0 Å². The van der Waals surface area contributed by atoms with Crippen molar-refractivity contribution in [2.75, 3.05) is 39.8 Å². The van der Waals surface area contributed by atoms with Gasteiger partial charge in [0.25, 0.3) is 0 Å². The van der Waals surface area contributed by atoms with E-state index >= 15 is 0 Å². The van der Waals surface area contributed by atoms with E-state index in [1.165, 1.54) is 10.9 Å². The number of halogens is 2. The number of aromatic amines is 1. The van der Waals surface area contributed by atoms with Crippen molar-refractivity contribution >= 4 is 52.4 Å². The first-order valence-corrected chi connectivity index (χ1v) is 10.4. The van der Waals surface area contributed by atoms with Crippen LogP contribution in [0.2, 0.25) is 5.02 Å². The van der Waals surface area contributed by atoms with Crippen molar-refractivity contribution in [2.45, 2.75) is 19.9 Å². The highest BCUT2D eigenvalue weighted by Gasteiger charge is 2.20. The maximum atomic E-state index is 6.15. The van der Waals surface area contributed by atoms with E-state index in [1.54, 1.807) is 0 Å². The summed E-state index contributed by atoms with van der Waals surface area (Å²) in [5.41, 5.74) is 3.38. The highest BCUT2D eigenvalue weighted by atomic mass is 127. The molecule has 1 fully saturated rings. The number of hydrogen-bond acceptors (Lipinski definition) is 4. The number of H-pyrrole nitrogens is 1. The summed E-state index contributed by atoms with van der Waals surface area (Å²) in [4.78, 5) is 12.5. The van der Waals surface area contributed by atoms with Crippen LogP contribution in [0.5, 0.6) is 0 Å². The zero-order valence-electron chi connectivity index (χ0n) is 17.3. The molecule has 0 radical (unpaired) electrons. The summed E-state index contributed by atoms with van der Waals surface area (Å²) in [6.07, 6.45) is 2.97. The van der Waals surface area contributed by atoms with Crippen LogP contribution < -0.4 is 5.32 Å². The topological polar surface area (TPSA) is 72.7 Å². The number of fused-ring (bicyclic) bond motifs is 1. The van der Waals surface area contributed by atoms with Gasteiger partial charge in [0.15, 0.2) is 5.96 Å². The molecule has 7 nitrogen and oxygen atoms in total. The molecule has 3 heterocycles. The molecule has 0 atom stereocenters. The third kappa shape index (κ3) is 5.47. The van der Waals surface area contributed by atoms with Crippen LogP contribution >= 0.6 is 35.6 Å². The van der Waals surface area contributed by atoms with Crippen LogP contribution in [-0.4, -0.2) is 65.7 Å². The fraction of sp³-hybridized carbons (Fsp3) is 0.429. The zero-order valence-corrected chi connectivity index (χ0v) is 20.4. The number of aryl methyl sites for hydroxylation is 1. The van der Waals surface area contributed by atoms with Gasteiger partial charge in [-0.3, -0.25) is 9.89 Å². The number of rotatable bonds is 5. The molecule has 1 saturated heterocycles. The second-order valence-electron chi connectivity index (χ2n) is 7.42. The van der Waals surface area contributed by atoms with Crippen LogP contribution in [0.4, 0.5) is 0 Å². The molecule has 9 heteroatoms. The second kappa shape index (κ2) is 10.5. The summed E-state index contributed by atoms with van der Waals surface area (Å²) in [5, 5.41) is 9.55. The molecular formula is C21H28ClIN6O. The van der Waals surface area contributed by atoms with E-state index in [2.05, 4.69) is 36.4 Å². The van der Waals surface area contributed by atoms with Gasteiger partial charge < -0.3 is 19.7 Å². The van der Waals surface area contributed by atoms with Crippen LogP contribution in [0.1, 0.15) is 17.0 Å². The van der Waals surface area contributed by atoms with Gasteiger partial charge in [0.2, 0.25) is 0 Å². The first kappa shape index (κ1) is 22.9. The molecule has 4 rings (SSSR count). The largest absolute Gasteiger partial charge is 0.361 e. The summed E-state index contributed by atoms with van der Waals surface area (Å²) in [6.45, 7) is 7.43. The number of piperazine rings is 1. The average Bonchev–Trinajstić information content (AvgIpc) is 3.32. The summed E-state index contributed by atoms with van der Waals surface area (Å²) >= 11 is 6.15. The van der Waals surface area contributed by atoms with Gasteiger partial charge in [-0.05, 0) is 37.1 Å². The minimum atomic E-state index is 0. The predicted octanol–water partition coefficient (Wildman–Crippen LogP) is 3.67. The minimum absolute atomic E-state index is 0. The smallest absolute Gasteiger partial charge is 0.193 e. The van der Waals surface area contributed by atoms with Crippen molar-refractivity contribution < 1.29 is 4.52 Å². The van der Waals surface area contributed by atoms with E-state index in [4.69, 9.17) is 16.1 Å². The van der Waals surface area contributed by atoms with Gasteiger partial charge in [-0.2, -0.15) is 0 Å². The Morgan fingerprint density at radius 3 is 2.77 bits per heavy atom. The van der Waals surface area contributed by atoms with E-state index in [-0.39, 0.29) is 24.0 Å². The van der Waals surface area contributed by atoms with Crippen molar-refractivity contribution in [3.8, 4) is 0 Å². The van der Waals surface area contributed by atoms with E-state index in [1.807, 2.05) is 38.2 Å². The van der Waals surface area contributed by atoms with Gasteiger partial charge in [-0.1, -0.05) is 16.8 Å². The SMILES string of the molecule is CN=C(NCCc1c[nH]c2ccc(Cl)cc12)N1CCN(Cc2cc(C)on2)CC1.I. The monoisotopic (exact) mass is 542 g/mol. The summed E-state index contributed by atoms with van der Waals surface area (Å²) in [7, 11) is 1.85. The third-order valence-corrected chi connectivity index (χ3v) is 5.59. The molecule has 0 aliphatic carbocycles. The number of nitrogens with zero attached hydrogens (tertiary/aromatic N) is 4. The molecule has 0 amide bonds. The number of benzene rings is 1. The third-order valence-electron chi connectivity index (χ3n) is 5.35. The highest BCUT2D eigenvalue weighted by Crippen LogP contribution is 2.22. The number of guanidine groups is 1. The molecule has 0 unspecified atom stereocenters. The minimum Gasteiger partial charge on any atom is -0.361 e. The quantitative estimate of drug-likeness (QED) is 0.292. The summed E-state index contributed by atoms with van der Waals surface area (Å²) in [5.74, 6) is 1.82. The number of hydrogen-bond donors (Lipinski definition) is 2. The first-order chi connectivity index (χ1) is 14.1. The van der Waals surface area contributed by atoms with E-state index in [9.17, 15) is 0 Å². The fourth-order valence-electron chi connectivity index (χ4n) is 3.84. The number of aliphatic imine (C=N–C) groups is 1. The van der Waals surface area contributed by atoms with E-state index in [0.717, 1.165) is 73.6 Å². The average molecular weight is 543 g/mol. The van der Waals surface area contributed by atoms with Gasteiger partial charge >= 0.3 is 0 Å². The predicted molar refractivity (Wildman–Crippen MR) is 132 cm³/mol. The first-order valence-electron chi connectivity index (χ1n) is 9.98. The van der Waals surface area contributed by atoms with Crippen molar-refractivity contribution in [1.29, 1.82) is 0 Å². The lowest BCUT2D eigenvalue weighted by Crippen LogP contribution is -2.52. The molecule has 2 N–H and O–H groups in total. The molecule has 2 aromatic heterocycles. The van der Waals surface area contributed by atoms with Crippen molar-refractivity contribution in [2.24, 2.45) is 4.99 Å². The second-order valence-corrected chi connectivity index (χ2v) is 7.86. The highest BCUT2D eigenvalue weighted by molar-refractivity contribution is 14.0. The summed E-state index contributed by atoms with van der Waals surface area (Å²) < 4.78 is 5.17. The molecule has 3 aromatic rings. The zero-order chi connectivity index (χ0) is 20.2. The molecule has 0 spiro atoms. The van der Waals surface area contributed by atoms with Crippen molar-refractivity contribution in [1.82, 2.24) is 25.3 Å². The van der Waals surface area contributed by atoms with E-state index < -0.39 is 0 Å². The van der Waals surface area contributed by atoms with Gasteiger partial charge in [0.05, 0.1) is 5.69 Å². The number of aromatic nitrogens is 2. The Balaban J connectivity index is 0.00000256. The Hall–Kier alpha value is -1.78. The lowest BCUT2D eigenvalue weighted by atomic mass is 10.1. The molecule has 1 aliphatic rings. The van der Waals surface area contributed by atoms with E-state index in [0.29, 0.717) is 0 Å². The Morgan fingerprint density at radius 2 is 2.07 bits per heavy atom. The van der Waals surface area contributed by atoms with Gasteiger partial charge in [-0.15, -0.1) is 24.0 Å². The summed E-state index contributed by atoms with van der Waals surface area (Å²) in [6, 6.07) is 7.96. The lowest BCUT2D eigenvalue weighted by Gasteiger charge is -2.36. The van der Waals surface area contributed by atoms with Gasteiger partial charge in [0, 0.05) is 74.5 Å². The Bertz CT molecular complexity index is 992. The van der Waals surface area contributed by atoms with Crippen molar-refractivity contribution in [3.05, 3.63) is 52.5 Å². The van der Waals surface area contributed by atoms with Crippen LogP contribution in [0, 0.1) is 6.92 Å². The lowest BCUT2D eigenvalue weighted by molar-refractivity contribution is 0.169. The standard InChI is InChI=1S/C21H27ClN6O.HI/c1-15-11-18(26-29-15)14-27-7-9-28(10-8-27)21(23-2)24-6-5-16-13-25-20-4-3-17(22)12-19(16)20;/h3-4,11-13,25H,5-10,14H2,1-2H3,(H,23,24);1H.